The molecule has 0 unspecified atom stereocenters. The first-order valence-corrected chi connectivity index (χ1v) is 6.33. The van der Waals surface area contributed by atoms with Gasteiger partial charge < -0.3 is 16.3 Å². The first-order valence-electron chi connectivity index (χ1n) is 6.33. The minimum absolute atomic E-state index is 0.0140. The molecule has 21 heavy (non-hydrogen) atoms. The van der Waals surface area contributed by atoms with Gasteiger partial charge >= 0.3 is 0 Å². The van der Waals surface area contributed by atoms with E-state index in [9.17, 15) is 4.79 Å². The summed E-state index contributed by atoms with van der Waals surface area (Å²) in [6, 6.07) is 6.76. The number of nitrogens with zero attached hydrogens (tertiary/aromatic N) is 3. The average Bonchev–Trinajstić information content (AvgIpc) is 2.71. The Hall–Kier alpha value is -2.83. The van der Waals surface area contributed by atoms with Crippen molar-refractivity contribution < 1.29 is 10.0 Å². The van der Waals surface area contributed by atoms with E-state index < -0.39 is 0 Å². The predicted octanol–water partition coefficient (Wildman–Crippen LogP) is 1.38. The van der Waals surface area contributed by atoms with Gasteiger partial charge in [-0.15, -0.1) is 0 Å². The van der Waals surface area contributed by atoms with Crippen molar-refractivity contribution in [2.24, 2.45) is 17.9 Å². The first-order chi connectivity index (χ1) is 9.93. The van der Waals surface area contributed by atoms with E-state index >= 15 is 0 Å². The fourth-order valence-corrected chi connectivity index (χ4v) is 2.11. The zero-order chi connectivity index (χ0) is 15.6. The van der Waals surface area contributed by atoms with E-state index in [1.165, 1.54) is 0 Å². The largest absolute Gasteiger partial charge is 0.409 e. The van der Waals surface area contributed by atoms with Crippen molar-refractivity contribution >= 4 is 17.4 Å². The number of carbonyl (C=O) groups excluding carboxylic acids is 1. The van der Waals surface area contributed by atoms with Crippen LogP contribution in [0.15, 0.2) is 29.4 Å². The molecule has 0 atom stereocenters. The number of anilines is 1. The molecule has 4 N–H and O–H groups in total. The van der Waals surface area contributed by atoms with E-state index in [4.69, 9.17) is 10.9 Å². The van der Waals surface area contributed by atoms with E-state index in [1.54, 1.807) is 42.9 Å². The van der Waals surface area contributed by atoms with E-state index in [-0.39, 0.29) is 11.7 Å². The SMILES string of the molecule is Cc1nn(C)c(C)c1C(=O)Nc1cccc(/C(N)=N/O)c1. The van der Waals surface area contributed by atoms with Crippen LogP contribution in [-0.4, -0.2) is 26.7 Å². The van der Waals surface area contributed by atoms with Crippen LogP contribution in [0.5, 0.6) is 0 Å². The van der Waals surface area contributed by atoms with Crippen LogP contribution in [0.3, 0.4) is 0 Å². The lowest BCUT2D eigenvalue weighted by Crippen LogP contribution is -2.16. The number of oxime groups is 1. The highest BCUT2D eigenvalue weighted by Crippen LogP contribution is 2.16. The molecule has 110 valence electrons. The summed E-state index contributed by atoms with van der Waals surface area (Å²) in [5.41, 5.74) is 8.62. The zero-order valence-corrected chi connectivity index (χ0v) is 12.1. The predicted molar refractivity (Wildman–Crippen MR) is 79.6 cm³/mol. The number of carbonyl (C=O) groups is 1. The summed E-state index contributed by atoms with van der Waals surface area (Å²) in [6.07, 6.45) is 0. The third-order valence-electron chi connectivity index (χ3n) is 3.26. The molecule has 0 aliphatic heterocycles. The second-order valence-corrected chi connectivity index (χ2v) is 4.69. The molecular weight excluding hydrogens is 270 g/mol. The molecule has 2 aromatic rings. The molecule has 1 aromatic heterocycles. The number of rotatable bonds is 3. The van der Waals surface area contributed by atoms with E-state index in [1.807, 2.05) is 6.92 Å². The van der Waals surface area contributed by atoms with Crippen molar-refractivity contribution in [2.75, 3.05) is 5.32 Å². The van der Waals surface area contributed by atoms with E-state index in [2.05, 4.69) is 15.6 Å². The maximum absolute atomic E-state index is 12.3. The van der Waals surface area contributed by atoms with Crippen LogP contribution < -0.4 is 11.1 Å². The zero-order valence-electron chi connectivity index (χ0n) is 12.1. The van der Waals surface area contributed by atoms with Gasteiger partial charge in [-0.2, -0.15) is 5.10 Å². The number of amides is 1. The lowest BCUT2D eigenvalue weighted by atomic mass is 10.1. The minimum Gasteiger partial charge on any atom is -0.409 e. The van der Waals surface area contributed by atoms with Crippen molar-refractivity contribution in [3.8, 4) is 0 Å². The van der Waals surface area contributed by atoms with E-state index in [0.29, 0.717) is 22.5 Å². The van der Waals surface area contributed by atoms with Crippen molar-refractivity contribution in [2.45, 2.75) is 13.8 Å². The van der Waals surface area contributed by atoms with Gasteiger partial charge in [0.1, 0.15) is 0 Å². The molecule has 1 amide bonds. The molecule has 1 aromatic carbocycles. The molecule has 0 saturated carbocycles. The molecule has 0 saturated heterocycles. The topological polar surface area (TPSA) is 106 Å². The van der Waals surface area contributed by atoms with Gasteiger partial charge in [-0.05, 0) is 26.0 Å². The summed E-state index contributed by atoms with van der Waals surface area (Å²) in [6.45, 7) is 3.62. The Bertz CT molecular complexity index is 718. The molecule has 0 radical (unpaired) electrons. The van der Waals surface area contributed by atoms with Crippen LogP contribution >= 0.6 is 0 Å². The van der Waals surface area contributed by atoms with Crippen molar-refractivity contribution in [3.63, 3.8) is 0 Å². The number of hydrogen-bond acceptors (Lipinski definition) is 4. The second-order valence-electron chi connectivity index (χ2n) is 4.69. The summed E-state index contributed by atoms with van der Waals surface area (Å²) in [5, 5.41) is 18.6. The lowest BCUT2D eigenvalue weighted by Gasteiger charge is -2.07. The Balaban J connectivity index is 2.28. The molecule has 7 nitrogen and oxygen atoms in total. The fourth-order valence-electron chi connectivity index (χ4n) is 2.11. The van der Waals surface area contributed by atoms with Gasteiger partial charge in [0.15, 0.2) is 5.84 Å². The highest BCUT2D eigenvalue weighted by atomic mass is 16.4. The van der Waals surface area contributed by atoms with E-state index in [0.717, 1.165) is 5.69 Å². The van der Waals surface area contributed by atoms with Gasteiger partial charge in [-0.25, -0.2) is 0 Å². The number of nitrogens with two attached hydrogens (primary N) is 1. The average molecular weight is 287 g/mol. The molecule has 0 bridgehead atoms. The van der Waals surface area contributed by atoms with Gasteiger partial charge in [-0.1, -0.05) is 17.3 Å². The van der Waals surface area contributed by atoms with Crippen LogP contribution in [0.2, 0.25) is 0 Å². The smallest absolute Gasteiger partial charge is 0.259 e. The maximum atomic E-state index is 12.3. The van der Waals surface area contributed by atoms with Gasteiger partial charge in [-0.3, -0.25) is 9.48 Å². The number of benzene rings is 1. The minimum atomic E-state index is -0.241. The Kier molecular flexibility index (Phi) is 3.93. The highest BCUT2D eigenvalue weighted by Gasteiger charge is 2.17. The van der Waals surface area contributed by atoms with Crippen molar-refractivity contribution in [1.82, 2.24) is 9.78 Å². The van der Waals surface area contributed by atoms with Gasteiger partial charge in [0.05, 0.1) is 11.3 Å². The van der Waals surface area contributed by atoms with Crippen LogP contribution in [0.4, 0.5) is 5.69 Å². The second kappa shape index (κ2) is 5.66. The Labute approximate surface area is 122 Å². The summed E-state index contributed by atoms with van der Waals surface area (Å²) in [5.74, 6) is -0.255. The van der Waals surface area contributed by atoms with Gasteiger partial charge in [0.25, 0.3) is 5.91 Å². The van der Waals surface area contributed by atoms with Crippen molar-refractivity contribution in [1.29, 1.82) is 0 Å². The normalized spacial score (nSPS) is 11.5. The summed E-state index contributed by atoms with van der Waals surface area (Å²) in [7, 11) is 1.79. The molecule has 0 fully saturated rings. The number of hydrogen-bond donors (Lipinski definition) is 3. The number of aromatic nitrogens is 2. The van der Waals surface area contributed by atoms with Crippen LogP contribution in [0, 0.1) is 13.8 Å². The van der Waals surface area contributed by atoms with Gasteiger partial charge in [0, 0.05) is 24.0 Å². The lowest BCUT2D eigenvalue weighted by molar-refractivity contribution is 0.102. The molecule has 1 heterocycles. The summed E-state index contributed by atoms with van der Waals surface area (Å²) >= 11 is 0. The third kappa shape index (κ3) is 2.86. The summed E-state index contributed by atoms with van der Waals surface area (Å²) < 4.78 is 1.66. The molecular formula is C14H17N5O2. The highest BCUT2D eigenvalue weighted by molar-refractivity contribution is 6.06. The van der Waals surface area contributed by atoms with Crippen LogP contribution in [0.25, 0.3) is 0 Å². The Morgan fingerprint density at radius 3 is 2.71 bits per heavy atom. The van der Waals surface area contributed by atoms with Crippen LogP contribution in [0.1, 0.15) is 27.3 Å². The molecule has 0 aliphatic rings. The number of amidine groups is 1. The molecule has 0 aliphatic carbocycles. The van der Waals surface area contributed by atoms with Crippen LogP contribution in [-0.2, 0) is 7.05 Å². The Morgan fingerprint density at radius 1 is 1.43 bits per heavy atom. The standard InChI is InChI=1S/C14H17N5O2/c1-8-12(9(2)19(3)17-8)14(20)16-11-6-4-5-10(7-11)13(15)18-21/h4-7,21H,1-3H3,(H2,15,18)(H,16,20). The third-order valence-corrected chi connectivity index (χ3v) is 3.26. The molecule has 2 rings (SSSR count). The number of nitrogens with one attached hydrogen (secondary N) is 1. The van der Waals surface area contributed by atoms with Gasteiger partial charge in [0.2, 0.25) is 0 Å². The fraction of sp³-hybridized carbons (Fsp3) is 0.214. The van der Waals surface area contributed by atoms with Crippen molar-refractivity contribution in [3.05, 3.63) is 46.8 Å². The molecule has 0 spiro atoms. The number of aryl methyl sites for hydroxylation is 2. The first kappa shape index (κ1) is 14.6. The quantitative estimate of drug-likeness (QED) is 0.343. The summed E-state index contributed by atoms with van der Waals surface area (Å²) in [4.78, 5) is 12.3. The Morgan fingerprint density at radius 2 is 2.14 bits per heavy atom. The molecule has 7 heteroatoms. The maximum Gasteiger partial charge on any atom is 0.259 e. The monoisotopic (exact) mass is 287 g/mol.